The first kappa shape index (κ1) is 42.5. The summed E-state index contributed by atoms with van der Waals surface area (Å²) < 4.78 is 2.37. The van der Waals surface area contributed by atoms with E-state index in [0.29, 0.717) is 11.4 Å². The van der Waals surface area contributed by atoms with Gasteiger partial charge < -0.3 is 14.4 Å². The maximum absolute atomic E-state index is 9.65. The van der Waals surface area contributed by atoms with E-state index in [0.717, 1.165) is 101 Å². The van der Waals surface area contributed by atoms with Crippen molar-refractivity contribution < 1.29 is 0 Å². The molecule has 334 valence electrons. The van der Waals surface area contributed by atoms with Crippen LogP contribution in [0.1, 0.15) is 5.56 Å². The topological polar surface area (TPSA) is 61.0 Å². The summed E-state index contributed by atoms with van der Waals surface area (Å²) in [5, 5.41) is 11.9. The lowest BCUT2D eigenvalue weighted by Gasteiger charge is -2.26. The number of fused-ring (bicyclic) bond motifs is 3. The number of nitriles is 1. The van der Waals surface area contributed by atoms with Crippen LogP contribution < -0.4 is 9.80 Å². The standard InChI is InChI=1S/C65H44N6/c66-45-46-26-34-55(35-27-46)70(54-24-14-5-15-25-54)58-39-41-64-60(43-58)59-42-57(69(52-20-10-3-11-21-52)53-22-12-4-13-23-53)38-40-63(59)71(64)56-36-32-48(33-37-56)47-28-30-50(31-29-47)62-44-61(49-16-6-1-7-17-49)67-65(68-62)51-18-8-2-9-19-51/h1-44H. The second-order valence-corrected chi connectivity index (χ2v) is 17.4. The summed E-state index contributed by atoms with van der Waals surface area (Å²) in [5.41, 5.74) is 17.1. The van der Waals surface area contributed by atoms with Gasteiger partial charge in [-0.3, -0.25) is 0 Å². The molecule has 0 N–H and O–H groups in total. The zero-order chi connectivity index (χ0) is 47.5. The number of hydrogen-bond donors (Lipinski definition) is 0. The van der Waals surface area contributed by atoms with Gasteiger partial charge >= 0.3 is 0 Å². The first-order chi connectivity index (χ1) is 35.1. The van der Waals surface area contributed by atoms with Gasteiger partial charge in [-0.15, -0.1) is 0 Å². The van der Waals surface area contributed by atoms with Gasteiger partial charge in [-0.05, 0) is 126 Å². The molecule has 0 amide bonds. The molecule has 2 heterocycles. The molecule has 12 aromatic rings. The van der Waals surface area contributed by atoms with Crippen molar-refractivity contribution >= 4 is 55.9 Å². The summed E-state index contributed by atoms with van der Waals surface area (Å²) in [7, 11) is 0. The Labute approximate surface area is 412 Å². The molecule has 10 aromatic carbocycles. The van der Waals surface area contributed by atoms with Crippen LogP contribution in [0.3, 0.4) is 0 Å². The maximum Gasteiger partial charge on any atom is 0.160 e. The molecule has 0 aliphatic carbocycles. The zero-order valence-corrected chi connectivity index (χ0v) is 38.6. The van der Waals surface area contributed by atoms with E-state index in [9.17, 15) is 5.26 Å². The van der Waals surface area contributed by atoms with E-state index in [1.165, 1.54) is 0 Å². The SMILES string of the molecule is N#Cc1ccc(N(c2ccccc2)c2ccc3c(c2)c2cc(N(c4ccccc4)c4ccccc4)ccc2n3-c2ccc(-c3ccc(-c4cc(-c5ccccc5)nc(-c5ccccc5)n4)cc3)cc2)cc1. The predicted molar refractivity (Wildman–Crippen MR) is 292 cm³/mol. The molecule has 0 atom stereocenters. The molecular weight excluding hydrogens is 865 g/mol. The normalized spacial score (nSPS) is 11.1. The molecule has 0 aliphatic heterocycles. The molecule has 71 heavy (non-hydrogen) atoms. The van der Waals surface area contributed by atoms with Crippen molar-refractivity contribution in [3.63, 3.8) is 0 Å². The lowest BCUT2D eigenvalue weighted by molar-refractivity contribution is 1.18. The lowest BCUT2D eigenvalue weighted by atomic mass is 10.0. The van der Waals surface area contributed by atoms with Crippen LogP contribution in [0, 0.1) is 11.3 Å². The maximum atomic E-state index is 9.65. The summed E-state index contributed by atoms with van der Waals surface area (Å²) >= 11 is 0. The average Bonchev–Trinajstić information content (AvgIpc) is 3.77. The monoisotopic (exact) mass is 908 g/mol. The number of para-hydroxylation sites is 3. The van der Waals surface area contributed by atoms with Crippen LogP contribution in [0.4, 0.5) is 34.1 Å². The lowest BCUT2D eigenvalue weighted by Crippen LogP contribution is -2.09. The summed E-state index contributed by atoms with van der Waals surface area (Å²) in [6, 6.07) is 95.2. The Hall–Kier alpha value is -9.83. The van der Waals surface area contributed by atoms with Crippen molar-refractivity contribution in [3.05, 3.63) is 272 Å². The van der Waals surface area contributed by atoms with Gasteiger partial charge in [0.15, 0.2) is 5.82 Å². The molecule has 0 saturated heterocycles. The second-order valence-electron chi connectivity index (χ2n) is 17.4. The Morgan fingerprint density at radius 3 is 1.14 bits per heavy atom. The molecule has 0 fully saturated rings. The van der Waals surface area contributed by atoms with Crippen LogP contribution in [-0.2, 0) is 0 Å². The highest BCUT2D eigenvalue weighted by atomic mass is 15.1. The Morgan fingerprint density at radius 2 is 0.690 bits per heavy atom. The summed E-state index contributed by atoms with van der Waals surface area (Å²) in [6.45, 7) is 0. The fourth-order valence-corrected chi connectivity index (χ4v) is 9.57. The largest absolute Gasteiger partial charge is 0.310 e. The zero-order valence-electron chi connectivity index (χ0n) is 38.6. The van der Waals surface area contributed by atoms with Gasteiger partial charge in [-0.1, -0.05) is 152 Å². The highest BCUT2D eigenvalue weighted by molar-refractivity contribution is 6.12. The van der Waals surface area contributed by atoms with E-state index < -0.39 is 0 Å². The molecule has 0 saturated carbocycles. The molecule has 0 radical (unpaired) electrons. The Kier molecular flexibility index (Phi) is 11.2. The minimum absolute atomic E-state index is 0.620. The van der Waals surface area contributed by atoms with Gasteiger partial charge in [0.25, 0.3) is 0 Å². The van der Waals surface area contributed by atoms with Crippen LogP contribution in [0.15, 0.2) is 267 Å². The summed E-state index contributed by atoms with van der Waals surface area (Å²) in [5.74, 6) is 0.698. The van der Waals surface area contributed by atoms with E-state index in [1.807, 2.05) is 66.7 Å². The second kappa shape index (κ2) is 18.7. The highest BCUT2D eigenvalue weighted by Crippen LogP contribution is 2.43. The van der Waals surface area contributed by atoms with E-state index in [2.05, 4.69) is 221 Å². The van der Waals surface area contributed by atoms with Gasteiger partial charge in [0.2, 0.25) is 0 Å². The third-order valence-electron chi connectivity index (χ3n) is 13.0. The molecule has 0 spiro atoms. The van der Waals surface area contributed by atoms with Gasteiger partial charge in [0.05, 0.1) is 34.1 Å². The Bertz CT molecular complexity index is 3740. The molecule has 6 heteroatoms. The van der Waals surface area contributed by atoms with Crippen LogP contribution >= 0.6 is 0 Å². The van der Waals surface area contributed by atoms with Crippen molar-refractivity contribution in [2.24, 2.45) is 0 Å². The number of nitrogens with zero attached hydrogens (tertiary/aromatic N) is 6. The van der Waals surface area contributed by atoms with Gasteiger partial charge in [0, 0.05) is 67.3 Å². The number of benzene rings is 10. The van der Waals surface area contributed by atoms with E-state index in [-0.39, 0.29) is 0 Å². The highest BCUT2D eigenvalue weighted by Gasteiger charge is 2.20. The van der Waals surface area contributed by atoms with Gasteiger partial charge in [-0.2, -0.15) is 5.26 Å². The van der Waals surface area contributed by atoms with Crippen LogP contribution in [0.2, 0.25) is 0 Å². The first-order valence-corrected chi connectivity index (χ1v) is 23.7. The Morgan fingerprint density at radius 1 is 0.324 bits per heavy atom. The van der Waals surface area contributed by atoms with Crippen molar-refractivity contribution in [2.45, 2.75) is 0 Å². The molecule has 0 unspecified atom stereocenters. The number of rotatable bonds is 11. The molecule has 12 rings (SSSR count). The molecule has 0 bridgehead atoms. The number of hydrogen-bond acceptors (Lipinski definition) is 5. The fourth-order valence-electron chi connectivity index (χ4n) is 9.57. The quantitative estimate of drug-likeness (QED) is 0.129. The van der Waals surface area contributed by atoms with E-state index >= 15 is 0 Å². The van der Waals surface area contributed by atoms with E-state index in [1.54, 1.807) is 0 Å². The third-order valence-corrected chi connectivity index (χ3v) is 13.0. The first-order valence-electron chi connectivity index (χ1n) is 23.7. The van der Waals surface area contributed by atoms with Crippen LogP contribution in [-0.4, -0.2) is 14.5 Å². The fraction of sp³-hybridized carbons (Fsp3) is 0. The average molecular weight is 909 g/mol. The minimum atomic E-state index is 0.620. The molecule has 0 aliphatic rings. The molecule has 2 aromatic heterocycles. The predicted octanol–water partition coefficient (Wildman–Crippen LogP) is 17.1. The van der Waals surface area contributed by atoms with Gasteiger partial charge in [-0.25, -0.2) is 9.97 Å². The van der Waals surface area contributed by atoms with Crippen molar-refractivity contribution in [3.8, 4) is 56.8 Å². The molecule has 6 nitrogen and oxygen atoms in total. The minimum Gasteiger partial charge on any atom is -0.310 e. The number of anilines is 6. The summed E-state index contributed by atoms with van der Waals surface area (Å²) in [6.07, 6.45) is 0. The van der Waals surface area contributed by atoms with Crippen LogP contribution in [0.25, 0.3) is 72.5 Å². The van der Waals surface area contributed by atoms with E-state index in [4.69, 9.17) is 9.97 Å². The third kappa shape index (κ3) is 8.35. The summed E-state index contributed by atoms with van der Waals surface area (Å²) in [4.78, 5) is 14.6. The van der Waals surface area contributed by atoms with Crippen molar-refractivity contribution in [1.29, 1.82) is 5.26 Å². The Balaban J connectivity index is 0.958. The van der Waals surface area contributed by atoms with Crippen LogP contribution in [0.5, 0.6) is 0 Å². The van der Waals surface area contributed by atoms with Crippen molar-refractivity contribution in [1.82, 2.24) is 14.5 Å². The number of aromatic nitrogens is 3. The molecular formula is C65H44N6. The van der Waals surface area contributed by atoms with Crippen molar-refractivity contribution in [2.75, 3.05) is 9.80 Å². The van der Waals surface area contributed by atoms with Gasteiger partial charge in [0.1, 0.15) is 0 Å². The smallest absolute Gasteiger partial charge is 0.160 e.